The van der Waals surface area contributed by atoms with E-state index < -0.39 is 19.0 Å². The molecule has 0 aromatic heterocycles. The number of hydrogen-bond acceptors (Lipinski definition) is 3. The normalized spacial score (nSPS) is 16.7. The molecule has 0 aromatic rings. The van der Waals surface area contributed by atoms with E-state index >= 15 is 0 Å². The first kappa shape index (κ1) is 36.9. The van der Waals surface area contributed by atoms with Gasteiger partial charge in [0.1, 0.15) is 0 Å². The molecule has 1 N–H and O–H groups in total. The maximum absolute atomic E-state index is 11.9. The summed E-state index contributed by atoms with van der Waals surface area (Å²) in [4.78, 5) is 9.77. The molecule has 4 nitrogen and oxygen atoms in total. The van der Waals surface area contributed by atoms with Crippen LogP contribution in [0.25, 0.3) is 0 Å². The number of phosphoric ester groups is 1. The Morgan fingerprint density at radius 3 is 1.34 bits per heavy atom. The fourth-order valence-electron chi connectivity index (χ4n) is 2.48. The number of halogens is 7. The van der Waals surface area contributed by atoms with Crippen LogP contribution in [0.2, 0.25) is 0 Å². The van der Waals surface area contributed by atoms with Gasteiger partial charge < -0.3 is 4.89 Å². The molecule has 0 fully saturated rings. The first-order valence-electron chi connectivity index (χ1n) is 10.9. The first-order chi connectivity index (χ1) is 14.5. The fraction of sp³-hybridized carbons (Fsp3) is 1.00. The summed E-state index contributed by atoms with van der Waals surface area (Å²) in [5.74, 6) is 0.687. The molecule has 13 heteroatoms. The van der Waals surface area contributed by atoms with Crippen molar-refractivity contribution in [3.8, 4) is 0 Å². The van der Waals surface area contributed by atoms with Crippen molar-refractivity contribution in [2.45, 2.75) is 90.2 Å². The molecule has 190 valence electrons. The number of phosphoric acid groups is 1. The van der Waals surface area contributed by atoms with E-state index in [0.29, 0.717) is 25.0 Å². The molecule has 0 amide bonds. The minimum atomic E-state index is -3.89. The molecular formula is C19H35Cl7LiO4P. The van der Waals surface area contributed by atoms with E-state index in [9.17, 15) is 9.46 Å². The Morgan fingerprint density at radius 1 is 0.812 bits per heavy atom. The van der Waals surface area contributed by atoms with Crippen LogP contribution in [0.3, 0.4) is 0 Å². The average molecular weight is 614 g/mol. The second kappa shape index (κ2) is 18.1. The van der Waals surface area contributed by atoms with Gasteiger partial charge >= 0.3 is 118 Å². The molecule has 0 spiro atoms. The van der Waals surface area contributed by atoms with Crippen LogP contribution in [0.1, 0.15) is 79.1 Å². The summed E-state index contributed by atoms with van der Waals surface area (Å²) in [7, 11) is -3.89. The van der Waals surface area contributed by atoms with Crippen LogP contribution in [0, 0.1) is 11.8 Å². The maximum atomic E-state index is 11.9. The Kier molecular flexibility index (Phi) is 20.8. The molecule has 0 bridgehead atoms. The molecule has 2 unspecified atom stereocenters. The molecule has 0 aromatic carbocycles. The van der Waals surface area contributed by atoms with Gasteiger partial charge in [0.2, 0.25) is 0 Å². The molecule has 32 heavy (non-hydrogen) atoms. The van der Waals surface area contributed by atoms with Gasteiger partial charge in [-0.15, -0.1) is 0 Å². The summed E-state index contributed by atoms with van der Waals surface area (Å²) in [5, 5.41) is 0. The van der Waals surface area contributed by atoms with Crippen molar-refractivity contribution in [3.63, 3.8) is 0 Å². The molecule has 0 aliphatic rings. The van der Waals surface area contributed by atoms with Crippen molar-refractivity contribution < 1.29 is 18.5 Å². The zero-order chi connectivity index (χ0) is 25.6. The Balaban J connectivity index is 0. The van der Waals surface area contributed by atoms with Crippen molar-refractivity contribution >= 4 is 107 Å². The van der Waals surface area contributed by atoms with Gasteiger partial charge in [0, 0.05) is 0 Å². The number of hydrogen-bond donors (Lipinski definition) is 1. The number of unbranched alkanes of at least 4 members (excludes halogenated alkanes) is 2. The second-order valence-electron chi connectivity index (χ2n) is 7.85. The monoisotopic (exact) mass is 610 g/mol. The quantitative estimate of drug-likeness (QED) is 0.114. The van der Waals surface area contributed by atoms with Crippen LogP contribution < -0.4 is 0 Å². The second-order valence-corrected chi connectivity index (χ2v) is 14.6. The van der Waals surface area contributed by atoms with E-state index in [0.717, 1.165) is 51.4 Å². The van der Waals surface area contributed by atoms with Crippen LogP contribution in [-0.4, -0.2) is 47.0 Å². The Hall–Kier alpha value is 2.74. The summed E-state index contributed by atoms with van der Waals surface area (Å²) in [6.45, 7) is 9.10. The molecular weight excluding hydrogens is 578 g/mol. The van der Waals surface area contributed by atoms with Crippen molar-refractivity contribution in [2.75, 3.05) is 13.2 Å². The zero-order valence-electron chi connectivity index (χ0n) is 19.5. The minimum absolute atomic E-state index is 0.316. The average Bonchev–Trinajstić information content (AvgIpc) is 2.67. The Labute approximate surface area is 238 Å². The van der Waals surface area contributed by atoms with Crippen molar-refractivity contribution in [1.82, 2.24) is 0 Å². The van der Waals surface area contributed by atoms with E-state index in [4.69, 9.17) is 90.3 Å². The molecule has 0 aliphatic heterocycles. The van der Waals surface area contributed by atoms with Crippen LogP contribution in [-0.2, 0) is 13.6 Å². The van der Waals surface area contributed by atoms with E-state index in [1.807, 2.05) is 0 Å². The predicted molar refractivity (Wildman–Crippen MR) is 143 cm³/mol. The molecule has 0 saturated heterocycles. The third-order valence-electron chi connectivity index (χ3n) is 4.94. The Bertz CT molecular complexity index is 491. The predicted octanol–water partition coefficient (Wildman–Crippen LogP) is 9.38. The van der Waals surface area contributed by atoms with Gasteiger partial charge in [-0.1, -0.05) is 66.2 Å². The van der Waals surface area contributed by atoms with E-state index in [-0.39, 0.29) is 0 Å². The fourth-order valence-corrected chi connectivity index (χ4v) is 4.50. The van der Waals surface area contributed by atoms with Gasteiger partial charge in [-0.2, -0.15) is 0 Å². The van der Waals surface area contributed by atoms with Gasteiger partial charge in [-0.25, -0.2) is 4.57 Å². The third-order valence-corrected chi connectivity index (χ3v) is 9.60. The molecule has 0 rings (SSSR count). The molecule has 2 atom stereocenters. The van der Waals surface area contributed by atoms with Gasteiger partial charge in [0.05, 0.1) is 13.2 Å². The zero-order valence-corrected chi connectivity index (χ0v) is 25.7. The Morgan fingerprint density at radius 2 is 1.16 bits per heavy atom. The molecule has 0 radical (unpaired) electrons. The standard InChI is InChI=1S/C16H35O4P.C3Cl7.Li/c1-5-9-11-15(7-3)13-19-21(17,18)20-14-16(8-4)12-10-6-2;4-1(5)2(6,7)3(8,9)10;/h15-16H,5-14H2,1-4H3,(H,17,18);;. The summed E-state index contributed by atoms with van der Waals surface area (Å²) >= 11 is 39.9. The van der Waals surface area contributed by atoms with Crippen molar-refractivity contribution in [1.29, 1.82) is 0 Å². The van der Waals surface area contributed by atoms with Crippen molar-refractivity contribution in [2.24, 2.45) is 11.8 Å². The first-order valence-corrected chi connectivity index (χ1v) is 15.1. The van der Waals surface area contributed by atoms with Crippen LogP contribution in [0.15, 0.2) is 0 Å². The summed E-state index contributed by atoms with van der Waals surface area (Å²) < 4.78 is 16.9. The topological polar surface area (TPSA) is 55.8 Å². The van der Waals surface area contributed by atoms with Gasteiger partial charge in [-0.05, 0) is 24.7 Å². The van der Waals surface area contributed by atoms with Gasteiger partial charge in [-0.3, -0.25) is 9.05 Å². The molecule has 0 heterocycles. The van der Waals surface area contributed by atoms with Gasteiger partial charge in [0.25, 0.3) is 0 Å². The van der Waals surface area contributed by atoms with E-state index in [1.54, 1.807) is 0 Å². The van der Waals surface area contributed by atoms with Crippen LogP contribution in [0.5, 0.6) is 0 Å². The van der Waals surface area contributed by atoms with E-state index in [2.05, 4.69) is 27.7 Å². The number of alkyl halides is 7. The summed E-state index contributed by atoms with van der Waals surface area (Å²) in [6.07, 6.45) is 8.56. The van der Waals surface area contributed by atoms with Gasteiger partial charge in [0.15, 0.2) is 0 Å². The molecule has 0 aliphatic carbocycles. The summed E-state index contributed by atoms with van der Waals surface area (Å²) in [5.41, 5.74) is 0. The summed E-state index contributed by atoms with van der Waals surface area (Å²) in [6, 6.07) is 0. The number of rotatable bonds is 15. The SMILES string of the molecule is CCCCC(CC)COP(=O)(O)OCC(CC)CCCC.[Li][C](Cl)(Cl)C(Cl)(Cl)C(Cl)(Cl)Cl. The molecule has 0 saturated carbocycles. The van der Waals surface area contributed by atoms with E-state index in [1.165, 1.54) is 17.7 Å². The van der Waals surface area contributed by atoms with Crippen LogP contribution in [0.4, 0.5) is 0 Å². The van der Waals surface area contributed by atoms with Crippen LogP contribution >= 0.6 is 89.0 Å². The third kappa shape index (κ3) is 16.5. The van der Waals surface area contributed by atoms with Crippen molar-refractivity contribution in [3.05, 3.63) is 0 Å².